The number of carbonyl (C=O) groups is 2. The van der Waals surface area contributed by atoms with E-state index in [0.717, 1.165) is 29.8 Å². The van der Waals surface area contributed by atoms with E-state index < -0.39 is 16.8 Å². The summed E-state index contributed by atoms with van der Waals surface area (Å²) in [5, 5.41) is 14.6. The van der Waals surface area contributed by atoms with Crippen molar-refractivity contribution in [2.24, 2.45) is 0 Å². The van der Waals surface area contributed by atoms with Crippen LogP contribution in [-0.2, 0) is 19.1 Å². The zero-order valence-corrected chi connectivity index (χ0v) is 22.4. The Morgan fingerprint density at radius 2 is 1.79 bits per heavy atom. The standard InChI is InChI=1S/C30H33N3O6/c1-18-27(30(35)39-17-24-5-4-14-38-24)28(20-8-12-23(13-9-20)33(36)37)29-25(31-18)15-21(16-26(29)34)19-6-10-22(11-7-19)32(2)3/h6-13,21,24,28,31H,4-5,14-17H2,1-3H3/t21-,24+,28+/m1/s1. The number of rotatable bonds is 7. The van der Waals surface area contributed by atoms with Gasteiger partial charge in [-0.05, 0) is 55.4 Å². The molecule has 0 unspecified atom stereocenters. The predicted octanol–water partition coefficient (Wildman–Crippen LogP) is 4.74. The van der Waals surface area contributed by atoms with Gasteiger partial charge in [0.25, 0.3) is 5.69 Å². The number of dihydropyridines is 1. The fraction of sp³-hybridized carbons (Fsp3) is 0.400. The molecule has 9 heteroatoms. The van der Waals surface area contributed by atoms with Crippen LogP contribution in [0.5, 0.6) is 0 Å². The van der Waals surface area contributed by atoms with Crippen LogP contribution in [0.25, 0.3) is 0 Å². The summed E-state index contributed by atoms with van der Waals surface area (Å²) in [7, 11) is 3.97. The minimum Gasteiger partial charge on any atom is -0.459 e. The van der Waals surface area contributed by atoms with Crippen LogP contribution in [0, 0.1) is 10.1 Å². The summed E-state index contributed by atoms with van der Waals surface area (Å²) in [6, 6.07) is 14.3. The summed E-state index contributed by atoms with van der Waals surface area (Å²) in [4.78, 5) is 40.1. The third-order valence-corrected chi connectivity index (χ3v) is 7.79. The minimum absolute atomic E-state index is 0.00158. The number of hydrogen-bond acceptors (Lipinski definition) is 8. The average molecular weight is 532 g/mol. The number of nitrogens with zero attached hydrogens (tertiary/aromatic N) is 2. The van der Waals surface area contributed by atoms with Crippen molar-refractivity contribution in [3.8, 4) is 0 Å². The second-order valence-electron chi connectivity index (χ2n) is 10.6. The van der Waals surface area contributed by atoms with Crippen LogP contribution in [0.2, 0.25) is 0 Å². The molecule has 2 heterocycles. The number of nitrogens with one attached hydrogen (secondary N) is 1. The maximum absolute atomic E-state index is 13.8. The second kappa shape index (κ2) is 11.0. The number of nitro benzene ring substituents is 1. The molecule has 1 fully saturated rings. The van der Waals surface area contributed by atoms with Crippen molar-refractivity contribution in [3.05, 3.63) is 92.3 Å². The monoisotopic (exact) mass is 531 g/mol. The van der Waals surface area contributed by atoms with Crippen LogP contribution in [0.15, 0.2) is 71.1 Å². The van der Waals surface area contributed by atoms with E-state index >= 15 is 0 Å². The molecule has 1 N–H and O–H groups in total. The van der Waals surface area contributed by atoms with Gasteiger partial charge in [0, 0.05) is 67.8 Å². The highest BCUT2D eigenvalue weighted by Gasteiger charge is 2.41. The second-order valence-corrected chi connectivity index (χ2v) is 10.6. The first kappa shape index (κ1) is 26.6. The lowest BCUT2D eigenvalue weighted by molar-refractivity contribution is -0.384. The first-order valence-electron chi connectivity index (χ1n) is 13.3. The number of nitro groups is 1. The summed E-state index contributed by atoms with van der Waals surface area (Å²) >= 11 is 0. The van der Waals surface area contributed by atoms with Gasteiger partial charge in [0.1, 0.15) is 6.61 Å². The van der Waals surface area contributed by atoms with Gasteiger partial charge in [-0.25, -0.2) is 4.79 Å². The number of benzene rings is 2. The molecule has 0 amide bonds. The first-order chi connectivity index (χ1) is 18.7. The fourth-order valence-electron chi connectivity index (χ4n) is 5.73. The highest BCUT2D eigenvalue weighted by molar-refractivity contribution is 6.04. The van der Waals surface area contributed by atoms with Crippen LogP contribution in [0.3, 0.4) is 0 Å². The molecule has 9 nitrogen and oxygen atoms in total. The van der Waals surface area contributed by atoms with Gasteiger partial charge in [0.2, 0.25) is 0 Å². The third kappa shape index (κ3) is 5.45. The number of esters is 1. The molecule has 0 bridgehead atoms. The molecule has 3 atom stereocenters. The van der Waals surface area contributed by atoms with Crippen LogP contribution in [0.4, 0.5) is 11.4 Å². The van der Waals surface area contributed by atoms with Gasteiger partial charge in [-0.2, -0.15) is 0 Å². The molecule has 0 spiro atoms. The maximum atomic E-state index is 13.8. The highest BCUT2D eigenvalue weighted by atomic mass is 16.6. The Balaban J connectivity index is 1.49. The SMILES string of the molecule is CC1=C(C(=O)OC[C@@H]2CCCO2)[C@H](c2ccc([N+](=O)[O-])cc2)C2=C(C[C@@H](c3ccc(N(C)C)cc3)CC2=O)N1. The van der Waals surface area contributed by atoms with Crippen molar-refractivity contribution in [3.63, 3.8) is 0 Å². The molecule has 0 radical (unpaired) electrons. The van der Waals surface area contributed by atoms with Crippen molar-refractivity contribution >= 4 is 23.1 Å². The van der Waals surface area contributed by atoms with Crippen LogP contribution >= 0.6 is 0 Å². The maximum Gasteiger partial charge on any atom is 0.336 e. The summed E-state index contributed by atoms with van der Waals surface area (Å²) in [5.74, 6) is -1.24. The lowest BCUT2D eigenvalue weighted by Gasteiger charge is -2.36. The Labute approximate surface area is 227 Å². The molecule has 39 heavy (non-hydrogen) atoms. The Hall–Kier alpha value is -3.98. The molecule has 0 aromatic heterocycles. The number of ether oxygens (including phenoxy) is 2. The summed E-state index contributed by atoms with van der Waals surface area (Å²) in [6.45, 7) is 2.61. The topological polar surface area (TPSA) is 111 Å². The van der Waals surface area contributed by atoms with Crippen molar-refractivity contribution in [1.82, 2.24) is 5.32 Å². The molecular weight excluding hydrogens is 498 g/mol. The lowest BCUT2D eigenvalue weighted by Crippen LogP contribution is -2.36. The smallest absolute Gasteiger partial charge is 0.336 e. The Kier molecular flexibility index (Phi) is 7.52. The Bertz CT molecular complexity index is 1340. The quantitative estimate of drug-likeness (QED) is 0.310. The van der Waals surface area contributed by atoms with Crippen molar-refractivity contribution in [2.75, 3.05) is 32.2 Å². The van der Waals surface area contributed by atoms with Gasteiger partial charge < -0.3 is 19.7 Å². The Morgan fingerprint density at radius 3 is 2.41 bits per heavy atom. The van der Waals surface area contributed by atoms with Crippen molar-refractivity contribution < 1.29 is 24.0 Å². The molecule has 3 aliphatic rings. The molecule has 1 saturated heterocycles. The van der Waals surface area contributed by atoms with Gasteiger partial charge in [-0.3, -0.25) is 14.9 Å². The van der Waals surface area contributed by atoms with Gasteiger partial charge in [0.15, 0.2) is 5.78 Å². The molecule has 2 aliphatic heterocycles. The molecule has 2 aromatic rings. The third-order valence-electron chi connectivity index (χ3n) is 7.79. The molecule has 1 aliphatic carbocycles. The van der Waals surface area contributed by atoms with E-state index in [1.165, 1.54) is 12.1 Å². The van der Waals surface area contributed by atoms with E-state index in [9.17, 15) is 19.7 Å². The number of ketones is 1. The largest absolute Gasteiger partial charge is 0.459 e. The number of non-ortho nitro benzene ring substituents is 1. The summed E-state index contributed by atoms with van der Waals surface area (Å²) in [5.41, 5.74) is 5.02. The van der Waals surface area contributed by atoms with E-state index in [0.29, 0.717) is 41.9 Å². The van der Waals surface area contributed by atoms with Gasteiger partial charge in [-0.1, -0.05) is 24.3 Å². The predicted molar refractivity (Wildman–Crippen MR) is 146 cm³/mol. The van der Waals surface area contributed by atoms with E-state index in [2.05, 4.69) is 17.4 Å². The van der Waals surface area contributed by atoms with E-state index in [4.69, 9.17) is 9.47 Å². The molecule has 204 valence electrons. The number of carbonyl (C=O) groups excluding carboxylic acids is 2. The molecule has 2 aromatic carbocycles. The molecular formula is C30H33N3O6. The number of anilines is 1. The van der Waals surface area contributed by atoms with Gasteiger partial charge in [-0.15, -0.1) is 0 Å². The number of Topliss-reactive ketones (excluding diaryl/α,β-unsaturated/α-hetero) is 1. The summed E-state index contributed by atoms with van der Waals surface area (Å²) in [6.07, 6.45) is 2.56. The number of allylic oxidation sites excluding steroid dienone is 3. The normalized spacial score (nSPS) is 22.8. The van der Waals surface area contributed by atoms with E-state index in [-0.39, 0.29) is 30.1 Å². The number of hydrogen-bond donors (Lipinski definition) is 1. The van der Waals surface area contributed by atoms with Gasteiger partial charge >= 0.3 is 5.97 Å². The van der Waals surface area contributed by atoms with Crippen molar-refractivity contribution in [1.29, 1.82) is 0 Å². The van der Waals surface area contributed by atoms with Gasteiger partial charge in [0.05, 0.1) is 16.6 Å². The average Bonchev–Trinajstić information content (AvgIpc) is 3.45. The van der Waals surface area contributed by atoms with Crippen LogP contribution < -0.4 is 10.2 Å². The minimum atomic E-state index is -0.677. The highest BCUT2D eigenvalue weighted by Crippen LogP contribution is 2.46. The molecule has 0 saturated carbocycles. The molecule has 5 rings (SSSR count). The van der Waals surface area contributed by atoms with E-state index in [1.807, 2.05) is 38.1 Å². The zero-order valence-electron chi connectivity index (χ0n) is 22.4. The first-order valence-corrected chi connectivity index (χ1v) is 13.3. The zero-order chi connectivity index (χ0) is 27.7. The van der Waals surface area contributed by atoms with Crippen molar-refractivity contribution in [2.45, 2.75) is 50.5 Å². The Morgan fingerprint density at radius 1 is 1.10 bits per heavy atom. The van der Waals surface area contributed by atoms with Crippen LogP contribution in [-0.4, -0.2) is 50.1 Å². The summed E-state index contributed by atoms with van der Waals surface area (Å²) < 4.78 is 11.3. The van der Waals surface area contributed by atoms with E-state index in [1.54, 1.807) is 12.1 Å². The lowest BCUT2D eigenvalue weighted by atomic mass is 9.71. The fourth-order valence-corrected chi connectivity index (χ4v) is 5.73. The van der Waals surface area contributed by atoms with Crippen LogP contribution in [0.1, 0.15) is 55.6 Å².